The molecule has 0 saturated carbocycles. The first-order valence-electron chi connectivity index (χ1n) is 10.6. The summed E-state index contributed by atoms with van der Waals surface area (Å²) in [5, 5.41) is 13.1. The molecule has 0 saturated heterocycles. The number of aliphatic hydroxyl groups is 1. The molecule has 4 rings (SSSR count). The van der Waals surface area contributed by atoms with E-state index in [-0.39, 0.29) is 16.8 Å². The van der Waals surface area contributed by atoms with Crippen molar-refractivity contribution in [2.75, 3.05) is 7.11 Å². The molecule has 1 aliphatic rings. The Bertz CT molecular complexity index is 1120. The van der Waals surface area contributed by atoms with Gasteiger partial charge in [0.15, 0.2) is 0 Å². The van der Waals surface area contributed by atoms with Crippen molar-refractivity contribution >= 4 is 16.7 Å². The van der Waals surface area contributed by atoms with E-state index in [2.05, 4.69) is 45.9 Å². The van der Waals surface area contributed by atoms with Gasteiger partial charge in [0.05, 0.1) is 12.7 Å². The van der Waals surface area contributed by atoms with Crippen LogP contribution in [-0.2, 0) is 15.6 Å². The Morgan fingerprint density at radius 1 is 0.833 bits per heavy atom. The Balaban J connectivity index is 1.72. The summed E-state index contributed by atoms with van der Waals surface area (Å²) < 4.78 is 4.80. The molecule has 0 bridgehead atoms. The smallest absolute Gasteiger partial charge is 0.337 e. The average Bonchev–Trinajstić information content (AvgIpc) is 2.75. The third-order valence-corrected chi connectivity index (χ3v) is 6.79. The van der Waals surface area contributed by atoms with Crippen LogP contribution in [0.15, 0.2) is 54.6 Å². The Morgan fingerprint density at radius 2 is 1.40 bits per heavy atom. The van der Waals surface area contributed by atoms with E-state index >= 15 is 0 Å². The summed E-state index contributed by atoms with van der Waals surface area (Å²) in [7, 11) is 1.38. The summed E-state index contributed by atoms with van der Waals surface area (Å²) in [5.41, 5.74) is 5.30. The normalized spacial score (nSPS) is 17.9. The van der Waals surface area contributed by atoms with Gasteiger partial charge in [-0.25, -0.2) is 4.79 Å². The highest BCUT2D eigenvalue weighted by Gasteiger charge is 2.37. The number of hydrogen-bond donors (Lipinski definition) is 1. The maximum atomic E-state index is 11.8. The summed E-state index contributed by atoms with van der Waals surface area (Å²) in [6.07, 6.45) is 1.62. The van der Waals surface area contributed by atoms with Crippen LogP contribution in [0, 0.1) is 0 Å². The van der Waals surface area contributed by atoms with Gasteiger partial charge in [-0.3, -0.25) is 0 Å². The molecular formula is C27H30O3. The van der Waals surface area contributed by atoms with Crippen LogP contribution < -0.4 is 0 Å². The lowest BCUT2D eigenvalue weighted by molar-refractivity contribution is 0.0601. The van der Waals surface area contributed by atoms with E-state index in [9.17, 15) is 9.90 Å². The molecule has 30 heavy (non-hydrogen) atoms. The summed E-state index contributed by atoms with van der Waals surface area (Å²) in [5.74, 6) is -0.347. The van der Waals surface area contributed by atoms with Crippen LogP contribution in [0.4, 0.5) is 0 Å². The number of aliphatic hydroxyl groups excluding tert-OH is 1. The molecule has 0 radical (unpaired) electrons. The van der Waals surface area contributed by atoms with Crippen LogP contribution in [-0.4, -0.2) is 18.2 Å². The van der Waals surface area contributed by atoms with E-state index in [0.29, 0.717) is 5.56 Å². The predicted molar refractivity (Wildman–Crippen MR) is 121 cm³/mol. The van der Waals surface area contributed by atoms with E-state index in [1.807, 2.05) is 30.3 Å². The molecule has 0 unspecified atom stereocenters. The van der Waals surface area contributed by atoms with E-state index in [0.717, 1.165) is 28.3 Å². The van der Waals surface area contributed by atoms with Gasteiger partial charge in [0.2, 0.25) is 0 Å². The van der Waals surface area contributed by atoms with Gasteiger partial charge in [0.25, 0.3) is 0 Å². The summed E-state index contributed by atoms with van der Waals surface area (Å²) in [6.45, 7) is 9.21. The van der Waals surface area contributed by atoms with Crippen LogP contribution in [0.1, 0.15) is 79.3 Å². The first kappa shape index (κ1) is 20.6. The van der Waals surface area contributed by atoms with Crippen LogP contribution >= 0.6 is 0 Å². The zero-order valence-corrected chi connectivity index (χ0v) is 18.5. The zero-order chi connectivity index (χ0) is 21.7. The van der Waals surface area contributed by atoms with Gasteiger partial charge in [-0.1, -0.05) is 64.1 Å². The molecular weight excluding hydrogens is 372 g/mol. The lowest BCUT2D eigenvalue weighted by Gasteiger charge is -2.42. The van der Waals surface area contributed by atoms with Gasteiger partial charge < -0.3 is 9.84 Å². The minimum Gasteiger partial charge on any atom is -0.465 e. The zero-order valence-electron chi connectivity index (χ0n) is 18.5. The third-order valence-electron chi connectivity index (χ3n) is 6.79. The molecule has 3 aromatic rings. The number of carbonyl (C=O) groups is 1. The molecule has 1 aliphatic carbocycles. The van der Waals surface area contributed by atoms with E-state index in [1.165, 1.54) is 24.7 Å². The highest BCUT2D eigenvalue weighted by molar-refractivity contribution is 5.95. The van der Waals surface area contributed by atoms with Gasteiger partial charge in [0.1, 0.15) is 6.10 Å². The molecule has 0 aliphatic heterocycles. The molecule has 1 atom stereocenters. The maximum Gasteiger partial charge on any atom is 0.337 e. The summed E-state index contributed by atoms with van der Waals surface area (Å²) >= 11 is 0. The van der Waals surface area contributed by atoms with E-state index in [1.54, 1.807) is 6.07 Å². The monoisotopic (exact) mass is 402 g/mol. The Hall–Kier alpha value is -2.65. The van der Waals surface area contributed by atoms with Crippen LogP contribution in [0.5, 0.6) is 0 Å². The van der Waals surface area contributed by atoms with E-state index < -0.39 is 6.10 Å². The Labute approximate surface area is 178 Å². The average molecular weight is 403 g/mol. The van der Waals surface area contributed by atoms with Crippen molar-refractivity contribution in [2.24, 2.45) is 0 Å². The molecule has 0 heterocycles. The molecule has 3 nitrogen and oxygen atoms in total. The summed E-state index contributed by atoms with van der Waals surface area (Å²) in [4.78, 5) is 11.8. The lowest BCUT2D eigenvalue weighted by atomic mass is 9.63. The van der Waals surface area contributed by atoms with Crippen molar-refractivity contribution in [3.05, 3.63) is 82.4 Å². The van der Waals surface area contributed by atoms with Gasteiger partial charge >= 0.3 is 5.97 Å². The number of hydrogen-bond acceptors (Lipinski definition) is 3. The van der Waals surface area contributed by atoms with Crippen molar-refractivity contribution in [1.29, 1.82) is 0 Å². The number of esters is 1. The molecule has 3 heteroatoms. The van der Waals surface area contributed by atoms with Gasteiger partial charge in [0, 0.05) is 0 Å². The minimum atomic E-state index is -0.694. The molecule has 156 valence electrons. The SMILES string of the molecule is COC(=O)c1ccc2cc([C@@H](O)c3ccc4c(c3)C(C)(C)CCC4(C)C)ccc2c1. The van der Waals surface area contributed by atoms with Crippen LogP contribution in [0.25, 0.3) is 10.8 Å². The standard InChI is InChI=1S/C27H30O3/c1-26(2)12-13-27(3,4)23-16-20(10-11-22(23)26)24(28)19-8-6-18-15-21(25(29)30-5)9-7-17(18)14-19/h6-11,14-16,24,28H,12-13H2,1-5H3/t24-/m1/s1. The number of ether oxygens (including phenoxy) is 1. The summed E-state index contributed by atoms with van der Waals surface area (Å²) in [6, 6.07) is 17.8. The van der Waals surface area contributed by atoms with Crippen molar-refractivity contribution in [2.45, 2.75) is 57.5 Å². The highest BCUT2D eigenvalue weighted by atomic mass is 16.5. The van der Waals surface area contributed by atoms with Crippen LogP contribution in [0.2, 0.25) is 0 Å². The minimum absolute atomic E-state index is 0.105. The fourth-order valence-corrected chi connectivity index (χ4v) is 4.65. The van der Waals surface area contributed by atoms with Crippen molar-refractivity contribution in [1.82, 2.24) is 0 Å². The molecule has 0 aromatic heterocycles. The van der Waals surface area contributed by atoms with E-state index in [4.69, 9.17) is 4.74 Å². The fraction of sp³-hybridized carbons (Fsp3) is 0.370. The van der Waals surface area contributed by atoms with Crippen molar-refractivity contribution in [3.8, 4) is 0 Å². The predicted octanol–water partition coefficient (Wildman–Crippen LogP) is 6.06. The number of methoxy groups -OCH3 is 1. The second kappa shape index (κ2) is 7.24. The first-order chi connectivity index (χ1) is 14.1. The topological polar surface area (TPSA) is 46.5 Å². The Kier molecular flexibility index (Phi) is 4.98. The van der Waals surface area contributed by atoms with Gasteiger partial charge in [-0.05, 0) is 74.9 Å². The Morgan fingerprint density at radius 3 is 2.10 bits per heavy atom. The van der Waals surface area contributed by atoms with Crippen molar-refractivity contribution < 1.29 is 14.6 Å². The number of rotatable bonds is 3. The quantitative estimate of drug-likeness (QED) is 0.542. The second-order valence-corrected chi connectivity index (χ2v) is 9.79. The lowest BCUT2D eigenvalue weighted by Crippen LogP contribution is -2.34. The largest absolute Gasteiger partial charge is 0.465 e. The van der Waals surface area contributed by atoms with Crippen molar-refractivity contribution in [3.63, 3.8) is 0 Å². The second-order valence-electron chi connectivity index (χ2n) is 9.79. The first-order valence-corrected chi connectivity index (χ1v) is 10.6. The molecule has 0 spiro atoms. The fourth-order valence-electron chi connectivity index (χ4n) is 4.65. The molecule has 0 amide bonds. The number of benzene rings is 3. The number of carbonyl (C=O) groups excluding carboxylic acids is 1. The van der Waals surface area contributed by atoms with Gasteiger partial charge in [-0.15, -0.1) is 0 Å². The van der Waals surface area contributed by atoms with Gasteiger partial charge in [-0.2, -0.15) is 0 Å². The third kappa shape index (κ3) is 3.52. The maximum absolute atomic E-state index is 11.8. The van der Waals surface area contributed by atoms with Crippen LogP contribution in [0.3, 0.4) is 0 Å². The molecule has 3 aromatic carbocycles. The molecule has 0 fully saturated rings. The highest BCUT2D eigenvalue weighted by Crippen LogP contribution is 2.46. The molecule has 1 N–H and O–H groups in total. The number of fused-ring (bicyclic) bond motifs is 2.